The Bertz CT molecular complexity index is 607. The van der Waals surface area contributed by atoms with Gasteiger partial charge in [-0.1, -0.05) is 13.3 Å². The predicted molar refractivity (Wildman–Crippen MR) is 90.5 cm³/mol. The number of nitrogens with zero attached hydrogens (tertiary/aromatic N) is 1. The van der Waals surface area contributed by atoms with Crippen LogP contribution in [0.25, 0.3) is 0 Å². The summed E-state index contributed by atoms with van der Waals surface area (Å²) >= 11 is 0. The summed E-state index contributed by atoms with van der Waals surface area (Å²) in [5, 5.41) is 0. The number of nitrogens with one attached hydrogen (secondary N) is 1. The first-order chi connectivity index (χ1) is 11.0. The van der Waals surface area contributed by atoms with Gasteiger partial charge in [-0.3, -0.25) is 4.79 Å². The van der Waals surface area contributed by atoms with E-state index in [0.29, 0.717) is 25.2 Å². The van der Waals surface area contributed by atoms with Crippen molar-refractivity contribution < 1.29 is 17.9 Å². The Morgan fingerprint density at radius 3 is 2.48 bits per heavy atom. The van der Waals surface area contributed by atoms with Crippen LogP contribution in [0.15, 0.2) is 24.3 Å². The van der Waals surface area contributed by atoms with Crippen molar-refractivity contribution in [3.8, 4) is 0 Å². The third kappa shape index (κ3) is 5.60. The summed E-state index contributed by atoms with van der Waals surface area (Å²) in [5.74, 6) is -0.161. The molecule has 0 aromatic heterocycles. The number of ketones is 1. The van der Waals surface area contributed by atoms with E-state index in [9.17, 15) is 13.2 Å². The smallest absolute Gasteiger partial charge is 0.212 e. The molecular formula is C16H24N2O4S. The molecule has 1 aliphatic heterocycles. The first kappa shape index (κ1) is 17.9. The molecule has 0 amide bonds. The Balaban J connectivity index is 1.90. The van der Waals surface area contributed by atoms with Crippen LogP contribution in [-0.4, -0.2) is 52.8 Å². The minimum atomic E-state index is -3.37. The van der Waals surface area contributed by atoms with Gasteiger partial charge in [0.15, 0.2) is 5.78 Å². The van der Waals surface area contributed by atoms with Gasteiger partial charge in [-0.15, -0.1) is 0 Å². The summed E-state index contributed by atoms with van der Waals surface area (Å²) in [7, 11) is -3.37. The molecule has 0 spiro atoms. The Morgan fingerprint density at radius 1 is 1.22 bits per heavy atom. The zero-order valence-electron chi connectivity index (χ0n) is 13.5. The van der Waals surface area contributed by atoms with Crippen molar-refractivity contribution in [2.75, 3.05) is 43.5 Å². The molecular weight excluding hydrogens is 316 g/mol. The average Bonchev–Trinajstić information content (AvgIpc) is 2.59. The highest BCUT2D eigenvalue weighted by atomic mass is 32.2. The fourth-order valence-electron chi connectivity index (χ4n) is 2.36. The van der Waals surface area contributed by atoms with Crippen LogP contribution in [0.3, 0.4) is 0 Å². The van der Waals surface area contributed by atoms with Crippen LogP contribution in [0.1, 0.15) is 30.1 Å². The molecule has 1 aromatic carbocycles. The van der Waals surface area contributed by atoms with Gasteiger partial charge in [0.25, 0.3) is 0 Å². The average molecular weight is 340 g/mol. The quantitative estimate of drug-likeness (QED) is 0.725. The largest absolute Gasteiger partial charge is 0.378 e. The normalized spacial score (nSPS) is 15.6. The third-order valence-corrected chi connectivity index (χ3v) is 5.20. The Morgan fingerprint density at radius 2 is 1.87 bits per heavy atom. The highest BCUT2D eigenvalue weighted by Gasteiger charge is 2.14. The number of carbonyl (C=O) groups excluding carboxylic acids is 1. The van der Waals surface area contributed by atoms with Gasteiger partial charge < -0.3 is 9.64 Å². The van der Waals surface area contributed by atoms with Crippen molar-refractivity contribution in [2.24, 2.45) is 0 Å². The number of hydrogen-bond donors (Lipinski definition) is 1. The molecule has 1 fully saturated rings. The van der Waals surface area contributed by atoms with Crippen LogP contribution < -0.4 is 9.62 Å². The number of rotatable bonds is 8. The Hall–Kier alpha value is -1.44. The molecule has 0 atom stereocenters. The minimum Gasteiger partial charge on any atom is -0.378 e. The molecule has 23 heavy (non-hydrogen) atoms. The second-order valence-corrected chi connectivity index (χ2v) is 7.49. The van der Waals surface area contributed by atoms with E-state index < -0.39 is 10.0 Å². The number of unbranched alkanes of at least 4 members (excludes halogenated alkanes) is 1. The molecule has 1 saturated heterocycles. The maximum atomic E-state index is 12.1. The highest BCUT2D eigenvalue weighted by molar-refractivity contribution is 7.89. The van der Waals surface area contributed by atoms with E-state index in [1.165, 1.54) is 0 Å². The van der Waals surface area contributed by atoms with Crippen LogP contribution in [-0.2, 0) is 14.8 Å². The van der Waals surface area contributed by atoms with Gasteiger partial charge in [-0.25, -0.2) is 13.1 Å². The van der Waals surface area contributed by atoms with Crippen molar-refractivity contribution in [2.45, 2.75) is 19.8 Å². The van der Waals surface area contributed by atoms with Crippen molar-refractivity contribution in [3.63, 3.8) is 0 Å². The monoisotopic (exact) mass is 340 g/mol. The molecule has 0 saturated carbocycles. The van der Waals surface area contributed by atoms with Gasteiger partial charge in [-0.05, 0) is 30.7 Å². The Labute approximate surface area is 137 Å². The predicted octanol–water partition coefficient (Wildman–Crippen LogP) is 1.43. The van der Waals surface area contributed by atoms with E-state index in [-0.39, 0.29) is 18.1 Å². The summed E-state index contributed by atoms with van der Waals surface area (Å²) < 4.78 is 31.1. The van der Waals surface area contributed by atoms with Gasteiger partial charge in [0.2, 0.25) is 10.0 Å². The van der Waals surface area contributed by atoms with Crippen LogP contribution in [0, 0.1) is 0 Å². The van der Waals surface area contributed by atoms with Gasteiger partial charge in [0, 0.05) is 24.3 Å². The van der Waals surface area contributed by atoms with E-state index in [0.717, 1.165) is 25.2 Å². The second-order valence-electron chi connectivity index (χ2n) is 5.56. The fourth-order valence-corrected chi connectivity index (χ4v) is 3.53. The van der Waals surface area contributed by atoms with Gasteiger partial charge in [-0.2, -0.15) is 0 Å². The lowest BCUT2D eigenvalue weighted by Crippen LogP contribution is -2.36. The van der Waals surface area contributed by atoms with Crippen molar-refractivity contribution in [3.05, 3.63) is 29.8 Å². The van der Waals surface area contributed by atoms with E-state index in [1.807, 2.05) is 19.1 Å². The van der Waals surface area contributed by atoms with Crippen LogP contribution in [0.4, 0.5) is 5.69 Å². The first-order valence-corrected chi connectivity index (χ1v) is 9.60. The molecule has 2 rings (SSSR count). The van der Waals surface area contributed by atoms with Crippen molar-refractivity contribution in [1.29, 1.82) is 0 Å². The Kier molecular flexibility index (Phi) is 6.56. The lowest BCUT2D eigenvalue weighted by atomic mass is 10.1. The molecule has 1 aliphatic rings. The molecule has 128 valence electrons. The number of benzene rings is 1. The molecule has 6 nitrogen and oxygen atoms in total. The van der Waals surface area contributed by atoms with Gasteiger partial charge in [0.05, 0.1) is 25.5 Å². The van der Waals surface area contributed by atoms with E-state index >= 15 is 0 Å². The lowest BCUT2D eigenvalue weighted by Gasteiger charge is -2.28. The molecule has 1 heterocycles. The van der Waals surface area contributed by atoms with E-state index in [2.05, 4.69) is 9.62 Å². The number of morpholine rings is 1. The zero-order chi connectivity index (χ0) is 16.7. The topological polar surface area (TPSA) is 75.7 Å². The molecule has 0 radical (unpaired) electrons. The maximum absolute atomic E-state index is 12.1. The summed E-state index contributed by atoms with van der Waals surface area (Å²) in [6, 6.07) is 7.27. The standard InChI is InChI=1S/C16H24N2O4S/c1-2-3-12-23(20,21)17-13-16(19)14-4-6-15(7-5-14)18-8-10-22-11-9-18/h4-7,17H,2-3,8-13H2,1H3. The molecule has 1 N–H and O–H groups in total. The number of ether oxygens (including phenoxy) is 1. The van der Waals surface area contributed by atoms with Crippen molar-refractivity contribution >= 4 is 21.5 Å². The number of carbonyl (C=O) groups is 1. The second kappa shape index (κ2) is 8.42. The summed E-state index contributed by atoms with van der Waals surface area (Å²) in [4.78, 5) is 14.3. The van der Waals surface area contributed by atoms with Gasteiger partial charge >= 0.3 is 0 Å². The number of anilines is 1. The van der Waals surface area contributed by atoms with Crippen LogP contribution in [0.2, 0.25) is 0 Å². The van der Waals surface area contributed by atoms with Crippen LogP contribution in [0.5, 0.6) is 0 Å². The molecule has 0 unspecified atom stereocenters. The van der Waals surface area contributed by atoms with E-state index in [4.69, 9.17) is 4.74 Å². The van der Waals surface area contributed by atoms with Crippen LogP contribution >= 0.6 is 0 Å². The maximum Gasteiger partial charge on any atom is 0.212 e. The third-order valence-electron chi connectivity index (χ3n) is 3.78. The SMILES string of the molecule is CCCCS(=O)(=O)NCC(=O)c1ccc(N2CCOCC2)cc1. The minimum absolute atomic E-state index is 0.0623. The van der Waals surface area contributed by atoms with E-state index in [1.54, 1.807) is 12.1 Å². The lowest BCUT2D eigenvalue weighted by molar-refractivity contribution is 0.0997. The van der Waals surface area contributed by atoms with Gasteiger partial charge in [0.1, 0.15) is 0 Å². The summed E-state index contributed by atoms with van der Waals surface area (Å²) in [5.41, 5.74) is 1.56. The van der Waals surface area contributed by atoms with Crippen molar-refractivity contribution in [1.82, 2.24) is 4.72 Å². The first-order valence-electron chi connectivity index (χ1n) is 7.95. The molecule has 0 aliphatic carbocycles. The number of sulfonamides is 1. The molecule has 7 heteroatoms. The summed E-state index contributed by atoms with van der Waals surface area (Å²) in [6.45, 7) is 4.83. The number of hydrogen-bond acceptors (Lipinski definition) is 5. The summed E-state index contributed by atoms with van der Waals surface area (Å²) in [6.07, 6.45) is 1.40. The molecule has 1 aromatic rings. The number of Topliss-reactive ketones (excluding diaryl/α,β-unsaturated/α-hetero) is 1. The molecule has 0 bridgehead atoms. The zero-order valence-corrected chi connectivity index (χ0v) is 14.3. The fraction of sp³-hybridized carbons (Fsp3) is 0.562. The highest BCUT2D eigenvalue weighted by Crippen LogP contribution is 2.16.